The van der Waals surface area contributed by atoms with Crippen molar-refractivity contribution in [2.24, 2.45) is 0 Å². The first kappa shape index (κ1) is 13.9. The highest BCUT2D eigenvalue weighted by molar-refractivity contribution is 9.10. The lowest BCUT2D eigenvalue weighted by Gasteiger charge is -2.09. The minimum atomic E-state index is -0.359. The Labute approximate surface area is 130 Å². The van der Waals surface area contributed by atoms with E-state index in [9.17, 15) is 4.79 Å². The monoisotopic (exact) mass is 411 g/mol. The van der Waals surface area contributed by atoms with Crippen LogP contribution in [0.15, 0.2) is 38.0 Å². The lowest BCUT2D eigenvalue weighted by molar-refractivity contribution is 0.102. The molecule has 0 aliphatic carbocycles. The molecule has 1 aromatic carbocycles. The van der Waals surface area contributed by atoms with Gasteiger partial charge in [-0.2, -0.15) is 0 Å². The van der Waals surface area contributed by atoms with E-state index < -0.39 is 0 Å². The van der Waals surface area contributed by atoms with Crippen LogP contribution in [0.1, 0.15) is 10.4 Å². The number of carbonyl (C=O) groups excluding carboxylic acids is 1. The van der Waals surface area contributed by atoms with Gasteiger partial charge in [0, 0.05) is 4.47 Å². The second-order valence-corrected chi connectivity index (χ2v) is 5.76. The Kier molecular flexibility index (Phi) is 4.37. The van der Waals surface area contributed by atoms with E-state index >= 15 is 0 Å². The van der Waals surface area contributed by atoms with Gasteiger partial charge in [-0.1, -0.05) is 39.1 Å². The van der Waals surface area contributed by atoms with Gasteiger partial charge in [0.15, 0.2) is 4.67 Å². The maximum absolute atomic E-state index is 12.0. The Bertz CT molecular complexity index is 590. The van der Waals surface area contributed by atoms with Crippen molar-refractivity contribution < 1.29 is 9.21 Å². The molecule has 0 bridgehead atoms. The smallest absolute Gasteiger partial charge is 0.260 e. The van der Waals surface area contributed by atoms with E-state index in [1.165, 1.54) is 6.26 Å². The summed E-state index contributed by atoms with van der Waals surface area (Å²) in [6.45, 7) is 0. The van der Waals surface area contributed by atoms with Gasteiger partial charge in [-0.25, -0.2) is 0 Å². The molecule has 0 atom stereocenters. The van der Waals surface area contributed by atoms with Crippen LogP contribution in [0.5, 0.6) is 0 Å². The molecule has 1 amide bonds. The summed E-state index contributed by atoms with van der Waals surface area (Å²) in [7, 11) is 0. The highest BCUT2D eigenvalue weighted by Crippen LogP contribution is 2.34. The zero-order valence-electron chi connectivity index (χ0n) is 8.64. The molecule has 0 aliphatic heterocycles. The molecule has 94 valence electrons. The molecule has 0 spiro atoms. The van der Waals surface area contributed by atoms with E-state index in [4.69, 9.17) is 27.6 Å². The minimum Gasteiger partial charge on any atom is -0.457 e. The number of carbonyl (C=O) groups is 1. The third-order valence-electron chi connectivity index (χ3n) is 2.11. The summed E-state index contributed by atoms with van der Waals surface area (Å²) < 4.78 is 6.07. The maximum atomic E-state index is 12.0. The van der Waals surface area contributed by atoms with Gasteiger partial charge in [0.25, 0.3) is 5.91 Å². The van der Waals surface area contributed by atoms with Crippen LogP contribution >= 0.6 is 55.1 Å². The summed E-state index contributed by atoms with van der Waals surface area (Å²) in [6.07, 6.45) is 1.41. The molecule has 18 heavy (non-hydrogen) atoms. The zero-order valence-corrected chi connectivity index (χ0v) is 13.3. The van der Waals surface area contributed by atoms with E-state index in [1.807, 2.05) is 0 Å². The molecule has 1 heterocycles. The molecule has 0 saturated carbocycles. The van der Waals surface area contributed by atoms with Crippen LogP contribution in [0, 0.1) is 0 Å². The number of nitrogens with one attached hydrogen (secondary N) is 1. The molecule has 7 heteroatoms. The predicted molar refractivity (Wildman–Crippen MR) is 78.5 cm³/mol. The van der Waals surface area contributed by atoms with Crippen LogP contribution in [0.3, 0.4) is 0 Å². The van der Waals surface area contributed by atoms with Crippen molar-refractivity contribution in [3.63, 3.8) is 0 Å². The first-order chi connectivity index (χ1) is 8.49. The first-order valence-electron chi connectivity index (χ1n) is 4.68. The van der Waals surface area contributed by atoms with Crippen LogP contribution in [0.25, 0.3) is 0 Å². The molecular weight excluding hydrogens is 409 g/mol. The fourth-order valence-corrected chi connectivity index (χ4v) is 3.02. The third-order valence-corrected chi connectivity index (χ3v) is 3.78. The Balaban J connectivity index is 2.31. The van der Waals surface area contributed by atoms with Crippen molar-refractivity contribution in [1.82, 2.24) is 0 Å². The second kappa shape index (κ2) is 5.65. The van der Waals surface area contributed by atoms with E-state index in [-0.39, 0.29) is 5.91 Å². The van der Waals surface area contributed by atoms with Gasteiger partial charge in [0.1, 0.15) is 0 Å². The highest BCUT2D eigenvalue weighted by Gasteiger charge is 2.16. The number of anilines is 1. The van der Waals surface area contributed by atoms with Crippen LogP contribution in [0.2, 0.25) is 10.0 Å². The Hall–Kier alpha value is -0.490. The summed E-state index contributed by atoms with van der Waals surface area (Å²) >= 11 is 18.4. The van der Waals surface area contributed by atoms with Crippen molar-refractivity contribution >= 4 is 66.7 Å². The summed E-state index contributed by atoms with van der Waals surface area (Å²) in [5, 5.41) is 3.33. The van der Waals surface area contributed by atoms with Crippen LogP contribution in [0.4, 0.5) is 5.69 Å². The predicted octanol–water partition coefficient (Wildman–Crippen LogP) is 5.36. The lowest BCUT2D eigenvalue weighted by atomic mass is 10.2. The number of rotatable bonds is 2. The SMILES string of the molecule is O=C(Nc1c(Cl)cc(Br)cc1Cl)c1ccoc1Br. The molecule has 0 fully saturated rings. The van der Waals surface area contributed by atoms with Gasteiger partial charge in [-0.3, -0.25) is 4.79 Å². The number of halogens is 4. The van der Waals surface area contributed by atoms with Crippen molar-refractivity contribution in [1.29, 1.82) is 0 Å². The number of amides is 1. The molecule has 0 aliphatic rings. The fraction of sp³-hybridized carbons (Fsp3) is 0. The summed E-state index contributed by atoms with van der Waals surface area (Å²) in [5.74, 6) is -0.359. The lowest BCUT2D eigenvalue weighted by Crippen LogP contribution is -2.12. The number of hydrogen-bond donors (Lipinski definition) is 1. The van der Waals surface area contributed by atoms with Gasteiger partial charge in [-0.15, -0.1) is 0 Å². The summed E-state index contributed by atoms with van der Waals surface area (Å²) in [4.78, 5) is 12.0. The average Bonchev–Trinajstić information content (AvgIpc) is 2.69. The molecule has 0 unspecified atom stereocenters. The summed E-state index contributed by atoms with van der Waals surface area (Å²) in [6, 6.07) is 4.83. The molecule has 3 nitrogen and oxygen atoms in total. The number of furan rings is 1. The molecule has 0 radical (unpaired) electrons. The molecule has 2 aromatic rings. The van der Waals surface area contributed by atoms with Crippen molar-refractivity contribution in [3.05, 3.63) is 49.2 Å². The van der Waals surface area contributed by atoms with Gasteiger partial charge < -0.3 is 9.73 Å². The molecule has 1 N–H and O–H groups in total. The third kappa shape index (κ3) is 2.91. The fourth-order valence-electron chi connectivity index (χ4n) is 1.30. The van der Waals surface area contributed by atoms with E-state index in [0.29, 0.717) is 26.0 Å². The van der Waals surface area contributed by atoms with Crippen LogP contribution in [-0.4, -0.2) is 5.91 Å². The Morgan fingerprint density at radius 1 is 1.22 bits per heavy atom. The van der Waals surface area contributed by atoms with Gasteiger partial charge in [-0.05, 0) is 34.1 Å². The topological polar surface area (TPSA) is 42.2 Å². The second-order valence-electron chi connectivity index (χ2n) is 3.31. The number of benzene rings is 1. The maximum Gasteiger partial charge on any atom is 0.260 e. The average molecular weight is 414 g/mol. The van der Waals surface area contributed by atoms with Crippen LogP contribution in [-0.2, 0) is 0 Å². The summed E-state index contributed by atoms with van der Waals surface area (Å²) in [5.41, 5.74) is 0.727. The molecule has 2 rings (SSSR count). The largest absolute Gasteiger partial charge is 0.457 e. The zero-order chi connectivity index (χ0) is 13.3. The van der Waals surface area contributed by atoms with Gasteiger partial charge in [0.05, 0.1) is 27.6 Å². The van der Waals surface area contributed by atoms with Gasteiger partial charge >= 0.3 is 0 Å². The van der Waals surface area contributed by atoms with Crippen molar-refractivity contribution in [2.45, 2.75) is 0 Å². The molecule has 0 saturated heterocycles. The normalized spacial score (nSPS) is 10.4. The number of hydrogen-bond acceptors (Lipinski definition) is 2. The van der Waals surface area contributed by atoms with Gasteiger partial charge in [0.2, 0.25) is 0 Å². The standard InChI is InChI=1S/C11H5Br2Cl2NO2/c12-5-3-7(14)9(8(15)4-5)16-11(17)6-1-2-18-10(6)13/h1-4H,(H,16,17). The Morgan fingerprint density at radius 3 is 2.33 bits per heavy atom. The van der Waals surface area contributed by atoms with E-state index in [1.54, 1.807) is 18.2 Å². The highest BCUT2D eigenvalue weighted by atomic mass is 79.9. The molecular formula is C11H5Br2Cl2NO2. The van der Waals surface area contributed by atoms with E-state index in [2.05, 4.69) is 37.2 Å². The quantitative estimate of drug-likeness (QED) is 0.719. The minimum absolute atomic E-state index is 0.349. The first-order valence-corrected chi connectivity index (χ1v) is 7.02. The van der Waals surface area contributed by atoms with Crippen molar-refractivity contribution in [2.75, 3.05) is 5.32 Å². The van der Waals surface area contributed by atoms with Crippen LogP contribution < -0.4 is 5.32 Å². The van der Waals surface area contributed by atoms with E-state index in [0.717, 1.165) is 4.47 Å². The van der Waals surface area contributed by atoms with Crippen molar-refractivity contribution in [3.8, 4) is 0 Å². The molecule has 1 aromatic heterocycles. The Morgan fingerprint density at radius 2 is 1.83 bits per heavy atom.